The van der Waals surface area contributed by atoms with Gasteiger partial charge in [0.1, 0.15) is 0 Å². The molecule has 0 saturated carbocycles. The summed E-state index contributed by atoms with van der Waals surface area (Å²) in [6.07, 6.45) is 2.97. The van der Waals surface area contributed by atoms with Crippen LogP contribution in [0.2, 0.25) is 0 Å². The van der Waals surface area contributed by atoms with Crippen molar-refractivity contribution in [2.24, 2.45) is 10.6 Å². The number of anilines is 1. The van der Waals surface area contributed by atoms with E-state index in [0.717, 1.165) is 33.7 Å². The fourth-order valence-electron chi connectivity index (χ4n) is 3.98. The minimum Gasteiger partial charge on any atom is -0.291 e. The Kier molecular flexibility index (Phi) is 5.00. The highest BCUT2D eigenvalue weighted by Crippen LogP contribution is 2.41. The molecule has 9 heteroatoms. The molecule has 2 aromatic heterocycles. The van der Waals surface area contributed by atoms with Gasteiger partial charge < -0.3 is 0 Å². The second kappa shape index (κ2) is 7.26. The number of aryl methyl sites for hydroxylation is 1. The summed E-state index contributed by atoms with van der Waals surface area (Å²) in [6.45, 7) is 3.51. The number of rotatable bonds is 4. The van der Waals surface area contributed by atoms with Gasteiger partial charge in [0.05, 0.1) is 16.8 Å². The van der Waals surface area contributed by atoms with Crippen molar-refractivity contribution in [1.29, 1.82) is 0 Å². The van der Waals surface area contributed by atoms with Crippen LogP contribution in [0.5, 0.6) is 0 Å². The Labute approximate surface area is 179 Å². The molecule has 0 fully saturated rings. The van der Waals surface area contributed by atoms with E-state index in [9.17, 15) is 13.2 Å². The van der Waals surface area contributed by atoms with Gasteiger partial charge in [-0.3, -0.25) is 14.7 Å². The highest BCUT2D eigenvalue weighted by molar-refractivity contribution is 7.91. The number of thiazole rings is 1. The predicted molar refractivity (Wildman–Crippen MR) is 117 cm³/mol. The van der Waals surface area contributed by atoms with Crippen LogP contribution in [-0.4, -0.2) is 31.3 Å². The lowest BCUT2D eigenvalue weighted by molar-refractivity contribution is -0.126. The van der Waals surface area contributed by atoms with Gasteiger partial charge >= 0.3 is 0 Å². The lowest BCUT2D eigenvalue weighted by Crippen LogP contribution is -2.41. The summed E-state index contributed by atoms with van der Waals surface area (Å²) in [6, 6.07) is 12.0. The van der Waals surface area contributed by atoms with Crippen molar-refractivity contribution in [3.8, 4) is 11.3 Å². The highest BCUT2D eigenvalue weighted by Gasteiger charge is 2.42. The Balaban J connectivity index is 1.60. The molecule has 3 aromatic rings. The highest BCUT2D eigenvalue weighted by atomic mass is 32.2. The summed E-state index contributed by atoms with van der Waals surface area (Å²) in [4.78, 5) is 23.5. The number of nitrogens with zero attached hydrogens (tertiary/aromatic N) is 3. The third-order valence-electron chi connectivity index (χ3n) is 5.44. The number of carbonyl (C=O) groups excluding carboxylic acids is 1. The zero-order valence-corrected chi connectivity index (χ0v) is 18.5. The van der Waals surface area contributed by atoms with Crippen molar-refractivity contribution >= 4 is 32.4 Å². The van der Waals surface area contributed by atoms with Crippen molar-refractivity contribution in [3.63, 3.8) is 0 Å². The fourth-order valence-corrected chi connectivity index (χ4v) is 5.89. The maximum absolute atomic E-state index is 13.4. The molecule has 30 heavy (non-hydrogen) atoms. The molecule has 2 N–H and O–H groups in total. The summed E-state index contributed by atoms with van der Waals surface area (Å²) in [7, 11) is -2.24. The number of hydrogen-bond acceptors (Lipinski definition) is 6. The number of aromatic nitrogens is 2. The van der Waals surface area contributed by atoms with E-state index in [1.54, 1.807) is 20.2 Å². The van der Waals surface area contributed by atoms with E-state index in [1.165, 1.54) is 4.90 Å². The van der Waals surface area contributed by atoms with Crippen LogP contribution in [0.3, 0.4) is 0 Å². The molecule has 1 aromatic carbocycles. The van der Waals surface area contributed by atoms with Gasteiger partial charge in [0.15, 0.2) is 9.34 Å². The van der Waals surface area contributed by atoms with Gasteiger partial charge in [0.25, 0.3) is 0 Å². The number of hydrogen-bond donors (Lipinski definition) is 1. The molecule has 1 aliphatic carbocycles. The molecule has 1 aliphatic rings. The van der Waals surface area contributed by atoms with Crippen LogP contribution < -0.4 is 10.0 Å². The van der Waals surface area contributed by atoms with E-state index in [4.69, 9.17) is 5.14 Å². The number of primary sulfonamides is 1. The Morgan fingerprint density at radius 3 is 2.57 bits per heavy atom. The first-order valence-electron chi connectivity index (χ1n) is 9.40. The Hall–Kier alpha value is -2.62. The maximum Gasteiger partial charge on any atom is 0.249 e. The molecular weight excluding hydrogens is 420 g/mol. The van der Waals surface area contributed by atoms with Crippen molar-refractivity contribution in [3.05, 3.63) is 59.4 Å². The van der Waals surface area contributed by atoms with Crippen LogP contribution in [0.25, 0.3) is 11.3 Å². The van der Waals surface area contributed by atoms with Gasteiger partial charge in [-0.1, -0.05) is 36.5 Å². The summed E-state index contributed by atoms with van der Waals surface area (Å²) < 4.78 is 23.4. The van der Waals surface area contributed by atoms with Crippen LogP contribution in [-0.2, 0) is 27.7 Å². The van der Waals surface area contributed by atoms with E-state index >= 15 is 0 Å². The summed E-state index contributed by atoms with van der Waals surface area (Å²) in [5, 5.41) is 5.58. The Bertz CT molecular complexity index is 1240. The summed E-state index contributed by atoms with van der Waals surface area (Å²) >= 11 is 0.917. The first-order chi connectivity index (χ1) is 14.1. The van der Waals surface area contributed by atoms with E-state index in [2.05, 4.69) is 22.1 Å². The lowest BCUT2D eigenvalue weighted by atomic mass is 9.86. The van der Waals surface area contributed by atoms with Gasteiger partial charge in [-0.2, -0.15) is 0 Å². The molecule has 1 unspecified atom stereocenters. The number of sulfonamides is 1. The molecular formula is C21H22N4O3S2. The molecule has 4 rings (SSSR count). The predicted octanol–water partition coefficient (Wildman–Crippen LogP) is 2.93. The smallest absolute Gasteiger partial charge is 0.249 e. The Morgan fingerprint density at radius 2 is 1.93 bits per heavy atom. The summed E-state index contributed by atoms with van der Waals surface area (Å²) in [5.74, 6) is -0.104. The molecule has 0 saturated heterocycles. The molecule has 2 heterocycles. The van der Waals surface area contributed by atoms with Crippen LogP contribution in [0, 0.1) is 12.3 Å². The third-order valence-corrected chi connectivity index (χ3v) is 8.22. The topological polar surface area (TPSA) is 106 Å². The monoisotopic (exact) mass is 442 g/mol. The van der Waals surface area contributed by atoms with Crippen molar-refractivity contribution in [2.75, 3.05) is 11.9 Å². The first-order valence-corrected chi connectivity index (χ1v) is 11.8. The molecule has 7 nitrogen and oxygen atoms in total. The van der Waals surface area contributed by atoms with Crippen LogP contribution in [0.1, 0.15) is 23.7 Å². The number of amides is 1. The van der Waals surface area contributed by atoms with Crippen molar-refractivity contribution in [2.45, 2.75) is 30.9 Å². The largest absolute Gasteiger partial charge is 0.291 e. The molecule has 0 radical (unpaired) electrons. The van der Waals surface area contributed by atoms with Gasteiger partial charge in [-0.25, -0.2) is 18.5 Å². The van der Waals surface area contributed by atoms with E-state index in [1.807, 2.05) is 31.2 Å². The quantitative estimate of drug-likeness (QED) is 0.669. The molecule has 0 spiro atoms. The number of nitrogens with two attached hydrogens (primary N) is 1. The number of benzene rings is 1. The van der Waals surface area contributed by atoms with Crippen LogP contribution in [0.15, 0.2) is 46.8 Å². The second-order valence-corrected chi connectivity index (χ2v) is 10.6. The second-order valence-electron chi connectivity index (χ2n) is 7.89. The molecule has 1 atom stereocenters. The molecule has 1 amide bonds. The SMILES string of the molecule is Cc1nc(N(C)C(=O)C2(C)Cc3ccc(-c4ccccn4)cc3C2)sc1S(N)(=O)=O. The van der Waals surface area contributed by atoms with Crippen molar-refractivity contribution in [1.82, 2.24) is 9.97 Å². The van der Waals surface area contributed by atoms with Crippen LogP contribution in [0.4, 0.5) is 5.13 Å². The van der Waals surface area contributed by atoms with Crippen LogP contribution >= 0.6 is 11.3 Å². The number of pyridine rings is 1. The molecule has 156 valence electrons. The zero-order chi connectivity index (χ0) is 21.7. The molecule has 0 aliphatic heterocycles. The maximum atomic E-state index is 13.4. The number of fused-ring (bicyclic) bond motifs is 1. The standard InChI is InChI=1S/C21H22N4O3S2/c1-13-18(30(22,27)28)29-20(24-13)25(3)19(26)21(2)11-15-8-7-14(10-16(15)12-21)17-6-4-5-9-23-17/h4-10H,11-12H2,1-3H3,(H2,22,27,28). The minimum absolute atomic E-state index is 0.0167. The van der Waals surface area contributed by atoms with Gasteiger partial charge in [0.2, 0.25) is 15.9 Å². The first kappa shape index (κ1) is 20.6. The van der Waals surface area contributed by atoms with E-state index in [-0.39, 0.29) is 10.1 Å². The van der Waals surface area contributed by atoms with E-state index < -0.39 is 15.4 Å². The average molecular weight is 443 g/mol. The average Bonchev–Trinajstić information content (AvgIpc) is 3.27. The van der Waals surface area contributed by atoms with Gasteiger partial charge in [-0.05, 0) is 49.1 Å². The van der Waals surface area contributed by atoms with E-state index in [0.29, 0.717) is 23.7 Å². The molecule has 0 bridgehead atoms. The van der Waals surface area contributed by atoms with Crippen molar-refractivity contribution < 1.29 is 13.2 Å². The zero-order valence-electron chi connectivity index (χ0n) is 16.9. The van der Waals surface area contributed by atoms with Gasteiger partial charge in [-0.15, -0.1) is 0 Å². The van der Waals surface area contributed by atoms with Gasteiger partial charge in [0, 0.05) is 18.8 Å². The summed E-state index contributed by atoms with van der Waals surface area (Å²) in [5.41, 5.74) is 3.85. The third kappa shape index (κ3) is 3.64. The fraction of sp³-hybridized carbons (Fsp3) is 0.286. The minimum atomic E-state index is -3.87. The number of carbonyl (C=O) groups is 1. The Morgan fingerprint density at radius 1 is 1.20 bits per heavy atom. The lowest BCUT2D eigenvalue weighted by Gasteiger charge is -2.27. The normalized spacial score (nSPS) is 18.3.